The minimum Gasteiger partial charge on any atom is -0.258 e. The Labute approximate surface area is 130 Å². The third-order valence-corrected chi connectivity index (χ3v) is 3.69. The van der Waals surface area contributed by atoms with Gasteiger partial charge in [0.25, 0.3) is 5.69 Å². The van der Waals surface area contributed by atoms with Gasteiger partial charge >= 0.3 is 11.4 Å². The maximum absolute atomic E-state index is 11.2. The summed E-state index contributed by atoms with van der Waals surface area (Å²) < 4.78 is 0.0172. The number of nitro benzene ring substituents is 3. The molecule has 0 radical (unpaired) electrons. The number of halogens is 1. The van der Waals surface area contributed by atoms with Gasteiger partial charge in [-0.15, -0.1) is 0 Å². The molecule has 2 rings (SSSR count). The van der Waals surface area contributed by atoms with Gasteiger partial charge in [0.1, 0.15) is 4.47 Å². The van der Waals surface area contributed by atoms with E-state index in [4.69, 9.17) is 0 Å². The zero-order valence-corrected chi connectivity index (χ0v) is 12.2. The van der Waals surface area contributed by atoms with Gasteiger partial charge in [0.05, 0.1) is 20.3 Å². The molecule has 0 bridgehead atoms. The number of rotatable bonds is 4. The molecule has 0 amide bonds. The maximum Gasteiger partial charge on any atom is 0.353 e. The number of hydrogen-bond acceptors (Lipinski definition) is 6. The summed E-state index contributed by atoms with van der Waals surface area (Å²) in [6.45, 7) is 0. The monoisotopic (exact) mass is 367 g/mol. The summed E-state index contributed by atoms with van der Waals surface area (Å²) in [5.41, 5.74) is -1.63. The van der Waals surface area contributed by atoms with Crippen molar-refractivity contribution in [1.29, 1.82) is 0 Å². The maximum atomic E-state index is 11.2. The zero-order valence-electron chi connectivity index (χ0n) is 10.6. The Morgan fingerprint density at radius 1 is 0.727 bits per heavy atom. The van der Waals surface area contributed by atoms with E-state index in [0.717, 1.165) is 6.07 Å². The van der Waals surface area contributed by atoms with Crippen molar-refractivity contribution in [3.05, 3.63) is 71.2 Å². The lowest BCUT2D eigenvalue weighted by Crippen LogP contribution is -1.99. The highest BCUT2D eigenvalue weighted by molar-refractivity contribution is 9.10. The van der Waals surface area contributed by atoms with Crippen LogP contribution in [0.1, 0.15) is 0 Å². The van der Waals surface area contributed by atoms with Crippen molar-refractivity contribution in [1.82, 2.24) is 0 Å². The predicted molar refractivity (Wildman–Crippen MR) is 79.5 cm³/mol. The Kier molecular flexibility index (Phi) is 4.13. The van der Waals surface area contributed by atoms with Crippen LogP contribution >= 0.6 is 15.9 Å². The fourth-order valence-corrected chi connectivity index (χ4v) is 2.58. The van der Waals surface area contributed by atoms with Crippen LogP contribution in [0.15, 0.2) is 40.9 Å². The molecule has 0 saturated heterocycles. The van der Waals surface area contributed by atoms with Crippen LogP contribution in [-0.4, -0.2) is 14.8 Å². The normalized spacial score (nSPS) is 10.2. The number of para-hydroxylation sites is 1. The molecule has 0 heterocycles. The molecule has 0 unspecified atom stereocenters. The SMILES string of the molecule is O=[N+]([O-])c1cccc(-c2cccc([N+](=O)[O-])c2[N+](=O)[O-])c1Br. The van der Waals surface area contributed by atoms with Gasteiger partial charge in [-0.05, 0) is 22.0 Å². The molecular formula is C12H6BrN3O6. The van der Waals surface area contributed by atoms with Gasteiger partial charge in [-0.3, -0.25) is 30.3 Å². The predicted octanol–water partition coefficient (Wildman–Crippen LogP) is 3.84. The van der Waals surface area contributed by atoms with E-state index in [1.807, 2.05) is 0 Å². The van der Waals surface area contributed by atoms with Gasteiger partial charge in [0.2, 0.25) is 0 Å². The van der Waals surface area contributed by atoms with Crippen LogP contribution in [0.5, 0.6) is 0 Å². The van der Waals surface area contributed by atoms with Gasteiger partial charge in [0, 0.05) is 17.7 Å². The molecular weight excluding hydrogens is 362 g/mol. The molecule has 0 aliphatic heterocycles. The van der Waals surface area contributed by atoms with E-state index in [9.17, 15) is 30.3 Å². The van der Waals surface area contributed by atoms with E-state index in [0.29, 0.717) is 0 Å². The number of nitrogens with zero attached hydrogens (tertiary/aromatic N) is 3. The summed E-state index contributed by atoms with van der Waals surface area (Å²) in [5.74, 6) is 0. The Morgan fingerprint density at radius 3 is 1.73 bits per heavy atom. The first-order valence-electron chi connectivity index (χ1n) is 5.69. The van der Waals surface area contributed by atoms with Crippen molar-refractivity contribution in [2.75, 3.05) is 0 Å². The van der Waals surface area contributed by atoms with Crippen molar-refractivity contribution in [2.45, 2.75) is 0 Å². The van der Waals surface area contributed by atoms with Crippen LogP contribution in [0.25, 0.3) is 11.1 Å². The highest BCUT2D eigenvalue weighted by atomic mass is 79.9. The number of nitro groups is 3. The lowest BCUT2D eigenvalue weighted by molar-refractivity contribution is -0.422. The fraction of sp³-hybridized carbons (Fsp3) is 0. The molecule has 22 heavy (non-hydrogen) atoms. The second-order valence-corrected chi connectivity index (χ2v) is 4.88. The third kappa shape index (κ3) is 2.63. The molecule has 112 valence electrons. The topological polar surface area (TPSA) is 129 Å². The number of benzene rings is 2. The molecule has 0 aromatic heterocycles. The summed E-state index contributed by atoms with van der Waals surface area (Å²) >= 11 is 3.03. The first-order valence-corrected chi connectivity index (χ1v) is 6.49. The van der Waals surface area contributed by atoms with Gasteiger partial charge < -0.3 is 0 Å². The Morgan fingerprint density at radius 2 is 1.23 bits per heavy atom. The Balaban J connectivity index is 2.82. The summed E-state index contributed by atoms with van der Waals surface area (Å²) in [7, 11) is 0. The van der Waals surface area contributed by atoms with E-state index in [2.05, 4.69) is 15.9 Å². The average molecular weight is 368 g/mol. The molecule has 0 spiro atoms. The Bertz CT molecular complexity index is 807. The first kappa shape index (κ1) is 15.5. The van der Waals surface area contributed by atoms with E-state index < -0.39 is 26.1 Å². The van der Waals surface area contributed by atoms with E-state index in [1.54, 1.807) is 0 Å². The molecule has 2 aromatic rings. The van der Waals surface area contributed by atoms with Crippen molar-refractivity contribution in [2.24, 2.45) is 0 Å². The van der Waals surface area contributed by atoms with Crippen molar-refractivity contribution < 1.29 is 14.8 Å². The molecule has 0 saturated carbocycles. The fourth-order valence-electron chi connectivity index (χ4n) is 1.96. The van der Waals surface area contributed by atoms with Crippen LogP contribution in [0.4, 0.5) is 17.1 Å². The molecule has 0 fully saturated rings. The van der Waals surface area contributed by atoms with Crippen LogP contribution in [0.2, 0.25) is 0 Å². The molecule has 10 heteroatoms. The lowest BCUT2D eigenvalue weighted by Gasteiger charge is -2.06. The van der Waals surface area contributed by atoms with Crippen molar-refractivity contribution in [3.63, 3.8) is 0 Å². The summed E-state index contributed by atoms with van der Waals surface area (Å²) in [6.07, 6.45) is 0. The van der Waals surface area contributed by atoms with Crippen molar-refractivity contribution >= 4 is 33.0 Å². The van der Waals surface area contributed by atoms with Crippen molar-refractivity contribution in [3.8, 4) is 11.1 Å². The summed E-state index contributed by atoms with van der Waals surface area (Å²) in [5, 5.41) is 33.1. The minimum atomic E-state index is -0.876. The standard InChI is InChI=1S/C12H6BrN3O6/c13-11-7(3-1-5-9(11)14(17)18)8-4-2-6-10(15(19)20)12(8)16(21)22/h1-6H. The highest BCUT2D eigenvalue weighted by Crippen LogP contribution is 2.42. The average Bonchev–Trinajstić information content (AvgIpc) is 2.46. The number of hydrogen-bond donors (Lipinski definition) is 0. The molecule has 2 aromatic carbocycles. The molecule has 0 aliphatic carbocycles. The molecule has 0 atom stereocenters. The molecule has 9 nitrogen and oxygen atoms in total. The highest BCUT2D eigenvalue weighted by Gasteiger charge is 2.30. The largest absolute Gasteiger partial charge is 0.353 e. The minimum absolute atomic E-state index is 0.0172. The third-order valence-electron chi connectivity index (χ3n) is 2.86. The van der Waals surface area contributed by atoms with Crippen LogP contribution < -0.4 is 0 Å². The van der Waals surface area contributed by atoms with E-state index in [-0.39, 0.29) is 21.3 Å². The van der Waals surface area contributed by atoms with Gasteiger partial charge in [-0.1, -0.05) is 18.2 Å². The zero-order chi connectivity index (χ0) is 16.4. The first-order chi connectivity index (χ1) is 10.3. The second-order valence-electron chi connectivity index (χ2n) is 4.08. The smallest absolute Gasteiger partial charge is 0.258 e. The van der Waals surface area contributed by atoms with E-state index in [1.165, 1.54) is 30.3 Å². The van der Waals surface area contributed by atoms with Gasteiger partial charge in [-0.25, -0.2) is 0 Å². The molecule has 0 N–H and O–H groups in total. The summed E-state index contributed by atoms with van der Waals surface area (Å²) in [6, 6.07) is 7.56. The quantitative estimate of drug-likeness (QED) is 0.595. The summed E-state index contributed by atoms with van der Waals surface area (Å²) in [4.78, 5) is 30.7. The molecule has 0 aliphatic rings. The Hall–Kier alpha value is -2.88. The van der Waals surface area contributed by atoms with E-state index >= 15 is 0 Å². The lowest BCUT2D eigenvalue weighted by atomic mass is 10.0. The van der Waals surface area contributed by atoms with Gasteiger partial charge in [-0.2, -0.15) is 0 Å². The van der Waals surface area contributed by atoms with Crippen LogP contribution in [-0.2, 0) is 0 Å². The van der Waals surface area contributed by atoms with Crippen LogP contribution in [0.3, 0.4) is 0 Å². The van der Waals surface area contributed by atoms with Crippen LogP contribution in [0, 0.1) is 30.3 Å². The second kappa shape index (κ2) is 5.85. The van der Waals surface area contributed by atoms with Gasteiger partial charge in [0.15, 0.2) is 0 Å².